The number of carbonyl (C=O) groups excluding carboxylic acids is 1. The fourth-order valence-corrected chi connectivity index (χ4v) is 4.47. The van der Waals surface area contributed by atoms with E-state index in [0.717, 1.165) is 32.5 Å². The SMILES string of the molecule is CC1(C)COC2(C[C@H]3C[C@@H]4OC(=O)C[C@@H]4[C@H]3C2)OC1. The molecular weight excluding hydrogens is 244 g/mol. The Kier molecular flexibility index (Phi) is 2.39. The van der Waals surface area contributed by atoms with Gasteiger partial charge in [0.15, 0.2) is 5.79 Å². The molecule has 0 aromatic rings. The highest BCUT2D eigenvalue weighted by atomic mass is 16.7. The molecule has 2 saturated carbocycles. The molecule has 4 atom stereocenters. The second-order valence-corrected chi connectivity index (χ2v) is 7.62. The maximum atomic E-state index is 11.4. The van der Waals surface area contributed by atoms with Crippen molar-refractivity contribution in [2.75, 3.05) is 13.2 Å². The first-order valence-corrected chi connectivity index (χ1v) is 7.44. The first kappa shape index (κ1) is 12.2. The topological polar surface area (TPSA) is 44.8 Å². The number of esters is 1. The molecule has 0 unspecified atom stereocenters. The van der Waals surface area contributed by atoms with Crippen LogP contribution < -0.4 is 0 Å². The number of ether oxygens (including phenoxy) is 3. The van der Waals surface area contributed by atoms with Gasteiger partial charge in [0.25, 0.3) is 0 Å². The van der Waals surface area contributed by atoms with Crippen molar-refractivity contribution in [1.29, 1.82) is 0 Å². The van der Waals surface area contributed by atoms with Crippen LogP contribution >= 0.6 is 0 Å². The Balaban J connectivity index is 1.49. The van der Waals surface area contributed by atoms with Crippen molar-refractivity contribution in [3.8, 4) is 0 Å². The van der Waals surface area contributed by atoms with Gasteiger partial charge in [0, 0.05) is 24.2 Å². The monoisotopic (exact) mass is 266 g/mol. The summed E-state index contributed by atoms with van der Waals surface area (Å²) in [7, 11) is 0. The van der Waals surface area contributed by atoms with Crippen LogP contribution in [0.1, 0.15) is 39.5 Å². The van der Waals surface area contributed by atoms with Crippen LogP contribution in [0.5, 0.6) is 0 Å². The van der Waals surface area contributed by atoms with E-state index in [2.05, 4.69) is 13.8 Å². The van der Waals surface area contributed by atoms with Gasteiger partial charge in [0.2, 0.25) is 0 Å². The van der Waals surface area contributed by atoms with Crippen LogP contribution in [0.2, 0.25) is 0 Å². The molecule has 2 aliphatic carbocycles. The largest absolute Gasteiger partial charge is 0.462 e. The van der Waals surface area contributed by atoms with Crippen LogP contribution in [0.15, 0.2) is 0 Å². The summed E-state index contributed by atoms with van der Waals surface area (Å²) in [6.45, 7) is 5.90. The zero-order valence-corrected chi connectivity index (χ0v) is 11.7. The second kappa shape index (κ2) is 3.73. The normalized spacial score (nSPS) is 46.1. The summed E-state index contributed by atoms with van der Waals surface area (Å²) >= 11 is 0. The summed E-state index contributed by atoms with van der Waals surface area (Å²) in [5.74, 6) is 1.21. The Bertz CT molecular complexity index is 406. The number of fused-ring (bicyclic) bond motifs is 3. The first-order valence-electron chi connectivity index (χ1n) is 7.44. The highest BCUT2D eigenvalue weighted by molar-refractivity contribution is 5.72. The van der Waals surface area contributed by atoms with E-state index < -0.39 is 0 Å². The molecule has 4 aliphatic rings. The molecule has 0 radical (unpaired) electrons. The molecule has 0 aromatic carbocycles. The van der Waals surface area contributed by atoms with Gasteiger partial charge in [-0.05, 0) is 18.3 Å². The van der Waals surface area contributed by atoms with Gasteiger partial charge in [-0.25, -0.2) is 0 Å². The molecule has 2 heterocycles. The lowest BCUT2D eigenvalue weighted by Crippen LogP contribution is -2.46. The van der Waals surface area contributed by atoms with Gasteiger partial charge in [0.1, 0.15) is 6.10 Å². The van der Waals surface area contributed by atoms with Crippen molar-refractivity contribution in [1.82, 2.24) is 0 Å². The lowest BCUT2D eigenvalue weighted by Gasteiger charge is -2.42. The fourth-order valence-electron chi connectivity index (χ4n) is 4.47. The van der Waals surface area contributed by atoms with Gasteiger partial charge >= 0.3 is 5.97 Å². The van der Waals surface area contributed by atoms with E-state index in [4.69, 9.17) is 14.2 Å². The van der Waals surface area contributed by atoms with E-state index in [-0.39, 0.29) is 23.3 Å². The van der Waals surface area contributed by atoms with Crippen LogP contribution in [0.25, 0.3) is 0 Å². The van der Waals surface area contributed by atoms with Crippen molar-refractivity contribution in [2.24, 2.45) is 23.2 Å². The third kappa shape index (κ3) is 1.83. The van der Waals surface area contributed by atoms with E-state index in [1.807, 2.05) is 0 Å². The van der Waals surface area contributed by atoms with Crippen LogP contribution in [-0.2, 0) is 19.0 Å². The minimum Gasteiger partial charge on any atom is -0.462 e. The standard InChI is InChI=1S/C15H22O4/c1-14(2)7-17-15(18-8-14)5-9-3-12-10(11(9)6-15)4-13(16)19-12/h9-12H,3-8H2,1-2H3/t9-,10-,11+,12+/m1/s1. The molecule has 19 heavy (non-hydrogen) atoms. The number of rotatable bonds is 0. The van der Waals surface area contributed by atoms with Gasteiger partial charge < -0.3 is 14.2 Å². The first-order chi connectivity index (χ1) is 8.96. The Morgan fingerprint density at radius 3 is 2.58 bits per heavy atom. The Hall–Kier alpha value is -0.610. The second-order valence-electron chi connectivity index (χ2n) is 7.62. The van der Waals surface area contributed by atoms with Gasteiger partial charge in [0.05, 0.1) is 19.6 Å². The number of hydrogen-bond donors (Lipinski definition) is 0. The molecule has 0 aromatic heterocycles. The molecule has 2 aliphatic heterocycles. The van der Waals surface area contributed by atoms with Crippen molar-refractivity contribution in [3.63, 3.8) is 0 Å². The van der Waals surface area contributed by atoms with Crippen molar-refractivity contribution < 1.29 is 19.0 Å². The zero-order chi connectivity index (χ0) is 13.3. The minimum atomic E-state index is -0.360. The molecule has 4 rings (SSSR count). The summed E-state index contributed by atoms with van der Waals surface area (Å²) in [5.41, 5.74) is 0.123. The maximum absolute atomic E-state index is 11.4. The van der Waals surface area contributed by atoms with Crippen molar-refractivity contribution in [2.45, 2.75) is 51.4 Å². The Morgan fingerprint density at radius 1 is 1.11 bits per heavy atom. The quantitative estimate of drug-likeness (QED) is 0.630. The molecule has 0 N–H and O–H groups in total. The van der Waals surface area contributed by atoms with Crippen LogP contribution in [0.3, 0.4) is 0 Å². The van der Waals surface area contributed by atoms with Gasteiger partial charge in [-0.15, -0.1) is 0 Å². The lowest BCUT2D eigenvalue weighted by atomic mass is 9.89. The molecule has 4 fully saturated rings. The van der Waals surface area contributed by atoms with E-state index in [1.54, 1.807) is 0 Å². The molecule has 4 heteroatoms. The Morgan fingerprint density at radius 2 is 1.84 bits per heavy atom. The highest BCUT2D eigenvalue weighted by Crippen LogP contribution is 2.57. The van der Waals surface area contributed by atoms with E-state index in [0.29, 0.717) is 24.2 Å². The molecular formula is C15H22O4. The van der Waals surface area contributed by atoms with Crippen molar-refractivity contribution >= 4 is 5.97 Å². The average Bonchev–Trinajstić information content (AvgIpc) is 2.93. The third-order valence-corrected chi connectivity index (χ3v) is 5.43. The van der Waals surface area contributed by atoms with Crippen LogP contribution in [0.4, 0.5) is 0 Å². The average molecular weight is 266 g/mol. The summed E-state index contributed by atoms with van der Waals surface area (Å²) in [6.07, 6.45) is 3.73. The van der Waals surface area contributed by atoms with Gasteiger partial charge in [-0.3, -0.25) is 4.79 Å². The Labute approximate surface area is 113 Å². The van der Waals surface area contributed by atoms with E-state index in [1.165, 1.54) is 0 Å². The van der Waals surface area contributed by atoms with Crippen LogP contribution in [0, 0.1) is 23.2 Å². The molecule has 0 bridgehead atoms. The van der Waals surface area contributed by atoms with Crippen molar-refractivity contribution in [3.05, 3.63) is 0 Å². The maximum Gasteiger partial charge on any atom is 0.306 e. The molecule has 1 spiro atoms. The molecule has 2 saturated heterocycles. The summed E-state index contributed by atoms with van der Waals surface area (Å²) in [6, 6.07) is 0. The van der Waals surface area contributed by atoms with E-state index >= 15 is 0 Å². The molecule has 106 valence electrons. The smallest absolute Gasteiger partial charge is 0.306 e. The summed E-state index contributed by atoms with van der Waals surface area (Å²) in [5, 5.41) is 0. The molecule has 4 nitrogen and oxygen atoms in total. The van der Waals surface area contributed by atoms with E-state index in [9.17, 15) is 4.79 Å². The van der Waals surface area contributed by atoms with Crippen LogP contribution in [-0.4, -0.2) is 31.1 Å². The zero-order valence-electron chi connectivity index (χ0n) is 11.7. The predicted molar refractivity (Wildman–Crippen MR) is 67.2 cm³/mol. The molecule has 0 amide bonds. The number of hydrogen-bond acceptors (Lipinski definition) is 4. The number of carbonyl (C=O) groups is 1. The third-order valence-electron chi connectivity index (χ3n) is 5.43. The van der Waals surface area contributed by atoms with Gasteiger partial charge in [-0.2, -0.15) is 0 Å². The summed E-state index contributed by atoms with van der Waals surface area (Å²) < 4.78 is 17.6. The van der Waals surface area contributed by atoms with Gasteiger partial charge in [-0.1, -0.05) is 13.8 Å². The summed E-state index contributed by atoms with van der Waals surface area (Å²) in [4.78, 5) is 11.4. The highest BCUT2D eigenvalue weighted by Gasteiger charge is 2.59. The minimum absolute atomic E-state index is 0.0129. The predicted octanol–water partition coefficient (Wildman–Crippen LogP) is 2.12. The lowest BCUT2D eigenvalue weighted by molar-refractivity contribution is -0.298. The fraction of sp³-hybridized carbons (Fsp3) is 0.933.